The van der Waals surface area contributed by atoms with Gasteiger partial charge in [0.15, 0.2) is 0 Å². The third-order valence-corrected chi connectivity index (χ3v) is 11.6. The highest BCUT2D eigenvalue weighted by Crippen LogP contribution is 2.48. The predicted molar refractivity (Wildman–Crippen MR) is 247 cm³/mol. The number of hydrogen-bond donors (Lipinski definition) is 0. The van der Waals surface area contributed by atoms with Crippen molar-refractivity contribution in [3.05, 3.63) is 231 Å². The fourth-order valence-electron chi connectivity index (χ4n) is 9.01. The minimum atomic E-state index is 1.09. The summed E-state index contributed by atoms with van der Waals surface area (Å²) in [6.07, 6.45) is 0. The Labute approximate surface area is 338 Å². The van der Waals surface area contributed by atoms with Crippen LogP contribution in [0.2, 0.25) is 0 Å². The van der Waals surface area contributed by atoms with Gasteiger partial charge in [0.05, 0.1) is 28.1 Å². The van der Waals surface area contributed by atoms with E-state index in [-0.39, 0.29) is 0 Å². The number of para-hydroxylation sites is 2. The SMILES string of the molecule is c1ccc(-c2cc(N(c3cccc4ccccc34)c3cccc4c3c3ccccc3n4-c3ccccc3-c3ccccc3)ccc2-c2cccc3ccccc23)cc1. The van der Waals surface area contributed by atoms with Gasteiger partial charge in [0, 0.05) is 27.4 Å². The van der Waals surface area contributed by atoms with Crippen LogP contribution in [0.1, 0.15) is 0 Å². The van der Waals surface area contributed by atoms with Crippen LogP contribution in [0.25, 0.3) is 82.4 Å². The number of aromatic nitrogens is 1. The second kappa shape index (κ2) is 14.1. The summed E-state index contributed by atoms with van der Waals surface area (Å²) in [7, 11) is 0. The molecule has 1 heterocycles. The van der Waals surface area contributed by atoms with Gasteiger partial charge in [-0.05, 0) is 86.4 Å². The Balaban J connectivity index is 1.22. The van der Waals surface area contributed by atoms with E-state index in [1.807, 2.05) is 0 Å². The summed E-state index contributed by atoms with van der Waals surface area (Å²) in [6.45, 7) is 0. The summed E-state index contributed by atoms with van der Waals surface area (Å²) < 4.78 is 2.46. The van der Waals surface area contributed by atoms with Gasteiger partial charge in [-0.2, -0.15) is 0 Å². The Morgan fingerprint density at radius 2 is 0.845 bits per heavy atom. The molecular weight excluding hydrogens is 701 g/mol. The highest BCUT2D eigenvalue weighted by molar-refractivity contribution is 6.18. The maximum atomic E-state index is 2.49. The van der Waals surface area contributed by atoms with Crippen LogP contribution in [-0.4, -0.2) is 4.57 Å². The van der Waals surface area contributed by atoms with Crippen molar-refractivity contribution in [2.75, 3.05) is 4.90 Å². The molecule has 0 saturated carbocycles. The molecule has 10 aromatic carbocycles. The highest BCUT2D eigenvalue weighted by Gasteiger charge is 2.24. The molecule has 0 bridgehead atoms. The molecule has 58 heavy (non-hydrogen) atoms. The minimum Gasteiger partial charge on any atom is -0.309 e. The van der Waals surface area contributed by atoms with E-state index in [4.69, 9.17) is 0 Å². The van der Waals surface area contributed by atoms with Crippen LogP contribution in [0.15, 0.2) is 231 Å². The third-order valence-electron chi connectivity index (χ3n) is 11.6. The topological polar surface area (TPSA) is 8.17 Å². The molecule has 0 atom stereocenters. The predicted octanol–water partition coefficient (Wildman–Crippen LogP) is 15.6. The maximum absolute atomic E-state index is 2.49. The zero-order valence-corrected chi connectivity index (χ0v) is 31.8. The van der Waals surface area contributed by atoms with E-state index in [1.165, 1.54) is 71.2 Å². The van der Waals surface area contributed by atoms with E-state index in [0.29, 0.717) is 0 Å². The van der Waals surface area contributed by atoms with Crippen molar-refractivity contribution in [1.82, 2.24) is 4.57 Å². The maximum Gasteiger partial charge on any atom is 0.0562 e. The van der Waals surface area contributed by atoms with Gasteiger partial charge in [0.2, 0.25) is 0 Å². The molecule has 0 N–H and O–H groups in total. The lowest BCUT2D eigenvalue weighted by molar-refractivity contribution is 1.18. The molecular formula is C56H38N2. The van der Waals surface area contributed by atoms with Gasteiger partial charge in [0.25, 0.3) is 0 Å². The van der Waals surface area contributed by atoms with Crippen LogP contribution < -0.4 is 4.90 Å². The molecule has 2 nitrogen and oxygen atoms in total. The summed E-state index contributed by atoms with van der Waals surface area (Å²) in [4.78, 5) is 2.49. The van der Waals surface area contributed by atoms with E-state index in [1.54, 1.807) is 0 Å². The summed E-state index contributed by atoms with van der Waals surface area (Å²) in [6, 6.07) is 83.8. The molecule has 11 rings (SSSR count). The van der Waals surface area contributed by atoms with E-state index in [9.17, 15) is 0 Å². The molecule has 0 spiro atoms. The number of anilines is 3. The fraction of sp³-hybridized carbons (Fsp3) is 0. The van der Waals surface area contributed by atoms with Gasteiger partial charge < -0.3 is 9.47 Å². The second-order valence-corrected chi connectivity index (χ2v) is 14.9. The molecule has 0 unspecified atom stereocenters. The highest BCUT2D eigenvalue weighted by atomic mass is 15.1. The summed E-state index contributed by atoms with van der Waals surface area (Å²) in [5, 5.41) is 7.28. The first kappa shape index (κ1) is 33.6. The van der Waals surface area contributed by atoms with Gasteiger partial charge >= 0.3 is 0 Å². The number of rotatable bonds is 7. The summed E-state index contributed by atoms with van der Waals surface area (Å²) in [5.74, 6) is 0. The lowest BCUT2D eigenvalue weighted by atomic mass is 9.90. The van der Waals surface area contributed by atoms with E-state index < -0.39 is 0 Å². The Bertz CT molecular complexity index is 3280. The molecule has 0 saturated heterocycles. The van der Waals surface area contributed by atoms with Crippen LogP contribution >= 0.6 is 0 Å². The first-order chi connectivity index (χ1) is 28.8. The van der Waals surface area contributed by atoms with Gasteiger partial charge in [-0.15, -0.1) is 0 Å². The normalized spacial score (nSPS) is 11.4. The Morgan fingerprint density at radius 3 is 1.64 bits per heavy atom. The molecule has 0 aliphatic rings. The van der Waals surface area contributed by atoms with Gasteiger partial charge in [-0.3, -0.25) is 0 Å². The van der Waals surface area contributed by atoms with Crippen LogP contribution in [0.4, 0.5) is 17.1 Å². The van der Waals surface area contributed by atoms with Crippen molar-refractivity contribution in [3.63, 3.8) is 0 Å². The molecule has 0 aliphatic carbocycles. The largest absolute Gasteiger partial charge is 0.309 e. The van der Waals surface area contributed by atoms with Gasteiger partial charge in [-0.1, -0.05) is 188 Å². The first-order valence-corrected chi connectivity index (χ1v) is 19.9. The zero-order chi connectivity index (χ0) is 38.4. The molecule has 0 amide bonds. The molecule has 11 aromatic rings. The van der Waals surface area contributed by atoms with Crippen molar-refractivity contribution in [2.24, 2.45) is 0 Å². The van der Waals surface area contributed by atoms with Crippen molar-refractivity contribution in [1.29, 1.82) is 0 Å². The zero-order valence-electron chi connectivity index (χ0n) is 31.8. The van der Waals surface area contributed by atoms with Crippen LogP contribution in [-0.2, 0) is 0 Å². The molecule has 272 valence electrons. The standard InChI is InChI=1S/C56H38N2/c1-3-18-40(19-4-1)46-28-11-13-31-52(46)58-53-32-14-12-29-49(53)56-54(34-17-35-55(56)58)57(51-33-16-25-41-23-8-10-27-45(41)51)43-36-37-48(50(38-43)42-20-5-2-6-21-42)47-30-15-24-39-22-7-9-26-44(39)47/h1-38H. The second-order valence-electron chi connectivity index (χ2n) is 14.9. The minimum absolute atomic E-state index is 1.09. The first-order valence-electron chi connectivity index (χ1n) is 19.9. The molecule has 0 aliphatic heterocycles. The van der Waals surface area contributed by atoms with Crippen molar-refractivity contribution in [2.45, 2.75) is 0 Å². The quantitative estimate of drug-likeness (QED) is 0.158. The van der Waals surface area contributed by atoms with Crippen LogP contribution in [0, 0.1) is 0 Å². The average Bonchev–Trinajstić information content (AvgIpc) is 3.64. The molecule has 0 radical (unpaired) electrons. The van der Waals surface area contributed by atoms with Crippen molar-refractivity contribution < 1.29 is 0 Å². The molecule has 0 fully saturated rings. The number of hydrogen-bond acceptors (Lipinski definition) is 1. The van der Waals surface area contributed by atoms with E-state index in [2.05, 4.69) is 240 Å². The Hall–Kier alpha value is -7.68. The molecule has 2 heteroatoms. The fourth-order valence-corrected chi connectivity index (χ4v) is 9.01. The monoisotopic (exact) mass is 738 g/mol. The number of benzene rings is 10. The summed E-state index contributed by atoms with van der Waals surface area (Å²) >= 11 is 0. The lowest BCUT2D eigenvalue weighted by Crippen LogP contribution is -2.11. The third kappa shape index (κ3) is 5.57. The van der Waals surface area contributed by atoms with Gasteiger partial charge in [0.1, 0.15) is 0 Å². The summed E-state index contributed by atoms with van der Waals surface area (Å²) in [5.41, 5.74) is 14.0. The smallest absolute Gasteiger partial charge is 0.0562 e. The lowest BCUT2D eigenvalue weighted by Gasteiger charge is -2.29. The van der Waals surface area contributed by atoms with Crippen LogP contribution in [0.5, 0.6) is 0 Å². The number of nitrogens with zero attached hydrogens (tertiary/aromatic N) is 2. The van der Waals surface area contributed by atoms with E-state index in [0.717, 1.165) is 28.3 Å². The van der Waals surface area contributed by atoms with Gasteiger partial charge in [-0.25, -0.2) is 0 Å². The Kier molecular flexibility index (Phi) is 8.19. The average molecular weight is 739 g/mol. The van der Waals surface area contributed by atoms with E-state index >= 15 is 0 Å². The Morgan fingerprint density at radius 1 is 0.310 bits per heavy atom. The van der Waals surface area contributed by atoms with Crippen LogP contribution in [0.3, 0.4) is 0 Å². The number of fused-ring (bicyclic) bond motifs is 5. The van der Waals surface area contributed by atoms with Crippen molar-refractivity contribution >= 4 is 60.4 Å². The molecule has 1 aromatic heterocycles. The van der Waals surface area contributed by atoms with Crippen molar-refractivity contribution in [3.8, 4) is 39.1 Å².